The van der Waals surface area contributed by atoms with Crippen LogP contribution in [0.4, 0.5) is 16.2 Å². The van der Waals surface area contributed by atoms with Crippen molar-refractivity contribution in [3.63, 3.8) is 0 Å². The predicted molar refractivity (Wildman–Crippen MR) is 92.4 cm³/mol. The minimum Gasteiger partial charge on any atom is -0.490 e. The molecule has 1 atom stereocenters. The summed E-state index contributed by atoms with van der Waals surface area (Å²) >= 11 is 0. The summed E-state index contributed by atoms with van der Waals surface area (Å²) in [5, 5.41) is 14.3. The normalized spacial score (nSPS) is 15.1. The molecule has 0 spiro atoms. The zero-order valence-electron chi connectivity index (χ0n) is 14.5. The second-order valence-electron chi connectivity index (χ2n) is 6.92. The highest BCUT2D eigenvalue weighted by molar-refractivity contribution is 5.99. The molecule has 0 aromatic heterocycles. The van der Waals surface area contributed by atoms with Gasteiger partial charge in [0.2, 0.25) is 5.91 Å². The third-order valence-corrected chi connectivity index (χ3v) is 3.62. The first kappa shape index (κ1) is 18.1. The molecular formula is C17H25N3O4. The van der Waals surface area contributed by atoms with Crippen LogP contribution in [-0.2, 0) is 4.79 Å². The second-order valence-corrected chi connectivity index (χ2v) is 6.92. The lowest BCUT2D eigenvalue weighted by atomic mass is 9.94. The van der Waals surface area contributed by atoms with Crippen LogP contribution in [0.5, 0.6) is 5.75 Å². The molecule has 2 rings (SSSR count). The number of urea groups is 1. The van der Waals surface area contributed by atoms with E-state index in [0.29, 0.717) is 30.3 Å². The Bertz CT molecular complexity index is 625. The van der Waals surface area contributed by atoms with Crippen molar-refractivity contribution in [2.75, 3.05) is 30.0 Å². The van der Waals surface area contributed by atoms with Crippen molar-refractivity contribution in [2.24, 2.45) is 5.41 Å². The Kier molecular flexibility index (Phi) is 5.33. The summed E-state index contributed by atoms with van der Waals surface area (Å²) < 4.78 is 5.60. The first-order chi connectivity index (χ1) is 11.2. The molecule has 0 radical (unpaired) electrons. The van der Waals surface area contributed by atoms with Crippen LogP contribution in [0, 0.1) is 5.41 Å². The topological polar surface area (TPSA) is 90.9 Å². The van der Waals surface area contributed by atoms with Crippen molar-refractivity contribution in [3.8, 4) is 5.75 Å². The average Bonchev–Trinajstić information content (AvgIpc) is 2.52. The first-order valence-corrected chi connectivity index (χ1v) is 7.99. The van der Waals surface area contributed by atoms with Crippen LogP contribution in [-0.4, -0.2) is 42.8 Å². The van der Waals surface area contributed by atoms with Crippen molar-refractivity contribution in [3.05, 3.63) is 18.2 Å². The Morgan fingerprint density at radius 2 is 2.08 bits per heavy atom. The fourth-order valence-corrected chi connectivity index (χ4v) is 2.35. The van der Waals surface area contributed by atoms with Crippen LogP contribution >= 0.6 is 0 Å². The monoisotopic (exact) mass is 335 g/mol. The molecule has 7 heteroatoms. The van der Waals surface area contributed by atoms with E-state index < -0.39 is 11.4 Å². The van der Waals surface area contributed by atoms with Gasteiger partial charge in [-0.15, -0.1) is 0 Å². The minimum absolute atomic E-state index is 0.00237. The van der Waals surface area contributed by atoms with Gasteiger partial charge in [0.25, 0.3) is 0 Å². The molecular weight excluding hydrogens is 310 g/mol. The van der Waals surface area contributed by atoms with E-state index in [1.807, 2.05) is 20.8 Å². The number of rotatable bonds is 3. The molecule has 1 aliphatic heterocycles. The number of anilines is 2. The summed E-state index contributed by atoms with van der Waals surface area (Å²) in [5.74, 6) is 0.621. The van der Waals surface area contributed by atoms with E-state index >= 15 is 0 Å². The van der Waals surface area contributed by atoms with E-state index in [9.17, 15) is 9.59 Å². The largest absolute Gasteiger partial charge is 0.490 e. The van der Waals surface area contributed by atoms with Gasteiger partial charge in [0, 0.05) is 11.1 Å². The Labute approximate surface area is 142 Å². The summed E-state index contributed by atoms with van der Waals surface area (Å²) in [6.45, 7) is 8.09. The summed E-state index contributed by atoms with van der Waals surface area (Å²) in [4.78, 5) is 26.2. The van der Waals surface area contributed by atoms with Crippen LogP contribution in [0.2, 0.25) is 0 Å². The van der Waals surface area contributed by atoms with Crippen LogP contribution < -0.4 is 20.3 Å². The zero-order chi connectivity index (χ0) is 17.9. The van der Waals surface area contributed by atoms with Crippen molar-refractivity contribution in [1.82, 2.24) is 5.32 Å². The molecule has 0 saturated carbocycles. The van der Waals surface area contributed by atoms with Crippen molar-refractivity contribution < 1.29 is 19.4 Å². The maximum atomic E-state index is 12.6. The number of ether oxygens (including phenoxy) is 1. The van der Waals surface area contributed by atoms with Gasteiger partial charge in [0.1, 0.15) is 12.4 Å². The van der Waals surface area contributed by atoms with E-state index in [-0.39, 0.29) is 18.6 Å². The molecule has 1 aromatic carbocycles. The van der Waals surface area contributed by atoms with Crippen molar-refractivity contribution in [2.45, 2.75) is 33.7 Å². The van der Waals surface area contributed by atoms with Crippen LogP contribution in [0.15, 0.2) is 18.2 Å². The fourth-order valence-electron chi connectivity index (χ4n) is 2.35. The van der Waals surface area contributed by atoms with Gasteiger partial charge in [-0.3, -0.25) is 4.79 Å². The number of hydrogen-bond acceptors (Lipinski definition) is 4. The lowest BCUT2D eigenvalue weighted by Crippen LogP contribution is -2.44. The van der Waals surface area contributed by atoms with Gasteiger partial charge < -0.3 is 25.4 Å². The smallest absolute Gasteiger partial charge is 0.319 e. The van der Waals surface area contributed by atoms with E-state index in [1.165, 1.54) is 0 Å². The third kappa shape index (κ3) is 4.17. The molecule has 0 fully saturated rings. The number of nitrogens with zero attached hydrogens (tertiary/aromatic N) is 1. The SMILES string of the molecule is CC(CO)NC(=O)Nc1ccc2c(c1)N(C(=O)C(C)(C)C)CCO2. The average molecular weight is 335 g/mol. The van der Waals surface area contributed by atoms with Gasteiger partial charge in [-0.05, 0) is 25.1 Å². The maximum Gasteiger partial charge on any atom is 0.319 e. The number of hydrogen-bond donors (Lipinski definition) is 3. The van der Waals surface area contributed by atoms with Gasteiger partial charge in [0.05, 0.1) is 24.9 Å². The summed E-state index contributed by atoms with van der Waals surface area (Å²) in [7, 11) is 0. The minimum atomic E-state index is -0.508. The lowest BCUT2D eigenvalue weighted by molar-refractivity contribution is -0.126. The molecule has 24 heavy (non-hydrogen) atoms. The molecule has 1 aromatic rings. The second kappa shape index (κ2) is 7.09. The Hall–Kier alpha value is -2.28. The van der Waals surface area contributed by atoms with Crippen LogP contribution in [0.3, 0.4) is 0 Å². The third-order valence-electron chi connectivity index (χ3n) is 3.62. The number of aliphatic hydroxyl groups excluding tert-OH is 1. The number of amides is 3. The van der Waals surface area contributed by atoms with Crippen LogP contribution in [0.1, 0.15) is 27.7 Å². The Morgan fingerprint density at radius 3 is 2.71 bits per heavy atom. The first-order valence-electron chi connectivity index (χ1n) is 7.99. The maximum absolute atomic E-state index is 12.6. The molecule has 3 N–H and O–H groups in total. The summed E-state index contributed by atoms with van der Waals surface area (Å²) in [6.07, 6.45) is 0. The molecule has 1 heterocycles. The van der Waals surface area contributed by atoms with Crippen molar-refractivity contribution in [1.29, 1.82) is 0 Å². The molecule has 7 nitrogen and oxygen atoms in total. The lowest BCUT2D eigenvalue weighted by Gasteiger charge is -2.34. The number of fused-ring (bicyclic) bond motifs is 1. The molecule has 0 bridgehead atoms. The predicted octanol–water partition coefficient (Wildman–Crippen LogP) is 1.96. The zero-order valence-corrected chi connectivity index (χ0v) is 14.5. The Balaban J connectivity index is 2.21. The quantitative estimate of drug-likeness (QED) is 0.787. The number of benzene rings is 1. The van der Waals surface area contributed by atoms with E-state index in [0.717, 1.165) is 0 Å². The molecule has 0 saturated heterocycles. The van der Waals surface area contributed by atoms with Gasteiger partial charge in [0.15, 0.2) is 0 Å². The molecule has 0 aliphatic carbocycles. The van der Waals surface area contributed by atoms with Crippen LogP contribution in [0.25, 0.3) is 0 Å². The molecule has 1 aliphatic rings. The number of nitrogens with one attached hydrogen (secondary N) is 2. The standard InChI is InChI=1S/C17H25N3O4/c1-11(10-21)18-16(23)19-12-5-6-14-13(9-12)20(7-8-24-14)15(22)17(2,3)4/h5-6,9,11,21H,7-8,10H2,1-4H3,(H2,18,19,23). The molecule has 3 amide bonds. The van der Waals surface area contributed by atoms with Gasteiger partial charge in [-0.1, -0.05) is 20.8 Å². The summed E-state index contributed by atoms with van der Waals surface area (Å²) in [6, 6.07) is 4.42. The highest BCUT2D eigenvalue weighted by Gasteiger charge is 2.32. The number of carbonyl (C=O) groups excluding carboxylic acids is 2. The number of aliphatic hydroxyl groups is 1. The van der Waals surface area contributed by atoms with Gasteiger partial charge >= 0.3 is 6.03 Å². The highest BCUT2D eigenvalue weighted by Crippen LogP contribution is 2.36. The fraction of sp³-hybridized carbons (Fsp3) is 0.529. The summed E-state index contributed by atoms with van der Waals surface area (Å²) in [5.41, 5.74) is 0.689. The van der Waals surface area contributed by atoms with E-state index in [4.69, 9.17) is 9.84 Å². The Morgan fingerprint density at radius 1 is 1.38 bits per heavy atom. The van der Waals surface area contributed by atoms with E-state index in [1.54, 1.807) is 30.0 Å². The highest BCUT2D eigenvalue weighted by atomic mass is 16.5. The van der Waals surface area contributed by atoms with Crippen molar-refractivity contribution >= 4 is 23.3 Å². The molecule has 1 unspecified atom stereocenters. The molecule has 132 valence electrons. The van der Waals surface area contributed by atoms with E-state index in [2.05, 4.69) is 10.6 Å². The van der Waals surface area contributed by atoms with Gasteiger partial charge in [-0.25, -0.2) is 4.79 Å². The van der Waals surface area contributed by atoms with Gasteiger partial charge in [-0.2, -0.15) is 0 Å². The number of carbonyl (C=O) groups is 2.